The van der Waals surface area contributed by atoms with Crippen molar-refractivity contribution in [3.63, 3.8) is 0 Å². The van der Waals surface area contributed by atoms with E-state index in [2.05, 4.69) is 43.9 Å². The number of aromatic nitrogens is 4. The maximum absolute atomic E-state index is 13.1. The van der Waals surface area contributed by atoms with Crippen molar-refractivity contribution in [3.05, 3.63) is 56.2 Å². The highest BCUT2D eigenvalue weighted by molar-refractivity contribution is 5.75. The number of hydrogen-bond donors (Lipinski definition) is 0. The van der Waals surface area contributed by atoms with E-state index in [1.54, 1.807) is 7.05 Å². The van der Waals surface area contributed by atoms with Gasteiger partial charge in [0, 0.05) is 27.2 Å². The van der Waals surface area contributed by atoms with Crippen LogP contribution < -0.4 is 16.1 Å². The summed E-state index contributed by atoms with van der Waals surface area (Å²) in [5, 5.41) is 0. The molecule has 1 aromatic carbocycles. The van der Waals surface area contributed by atoms with E-state index in [1.165, 1.54) is 28.2 Å². The summed E-state index contributed by atoms with van der Waals surface area (Å²) in [5.74, 6) is 1.88. The summed E-state index contributed by atoms with van der Waals surface area (Å²) in [6.07, 6.45) is 1.19. The van der Waals surface area contributed by atoms with E-state index < -0.39 is 0 Å². The van der Waals surface area contributed by atoms with Gasteiger partial charge in [0.2, 0.25) is 5.95 Å². The molecule has 1 aliphatic rings. The first kappa shape index (κ1) is 19.5. The topological polar surface area (TPSA) is 65.1 Å². The Labute approximate surface area is 170 Å². The van der Waals surface area contributed by atoms with Gasteiger partial charge in [0.15, 0.2) is 11.2 Å². The Bertz CT molecular complexity index is 1180. The van der Waals surface area contributed by atoms with Crippen LogP contribution in [0.2, 0.25) is 0 Å². The highest BCUT2D eigenvalue weighted by atomic mass is 16.2. The molecule has 2 aromatic heterocycles. The van der Waals surface area contributed by atoms with E-state index in [0.717, 1.165) is 24.6 Å². The smallest absolute Gasteiger partial charge is 0.332 e. The maximum atomic E-state index is 13.1. The minimum atomic E-state index is -0.352. The Balaban J connectivity index is 1.96. The SMILES string of the molecule is Cc1cccc(Cn2c(N3C[C@H](C)C[C@@H](C)C3)nc3c2c(=O)n(C)c(=O)n3C)c1. The van der Waals surface area contributed by atoms with E-state index in [0.29, 0.717) is 29.5 Å². The molecule has 29 heavy (non-hydrogen) atoms. The van der Waals surface area contributed by atoms with Crippen LogP contribution in [0.1, 0.15) is 31.4 Å². The minimum Gasteiger partial charge on any atom is -0.342 e. The molecule has 0 saturated carbocycles. The fraction of sp³-hybridized carbons (Fsp3) is 0.500. The van der Waals surface area contributed by atoms with Crippen molar-refractivity contribution in [3.8, 4) is 0 Å². The summed E-state index contributed by atoms with van der Waals surface area (Å²) < 4.78 is 4.64. The zero-order chi connectivity index (χ0) is 20.9. The molecule has 7 heteroatoms. The Kier molecular flexibility index (Phi) is 4.84. The van der Waals surface area contributed by atoms with Crippen molar-refractivity contribution >= 4 is 17.1 Å². The molecule has 1 fully saturated rings. The van der Waals surface area contributed by atoms with E-state index in [1.807, 2.05) is 10.6 Å². The van der Waals surface area contributed by atoms with E-state index in [9.17, 15) is 9.59 Å². The highest BCUT2D eigenvalue weighted by Crippen LogP contribution is 2.28. The van der Waals surface area contributed by atoms with Gasteiger partial charge < -0.3 is 4.90 Å². The number of piperidine rings is 1. The van der Waals surface area contributed by atoms with Crippen LogP contribution in [0.3, 0.4) is 0 Å². The molecule has 3 aromatic rings. The zero-order valence-electron chi connectivity index (χ0n) is 17.8. The lowest BCUT2D eigenvalue weighted by Crippen LogP contribution is -2.40. The molecule has 1 aliphatic heterocycles. The molecule has 3 heterocycles. The van der Waals surface area contributed by atoms with Crippen LogP contribution in [0.15, 0.2) is 33.9 Å². The summed E-state index contributed by atoms with van der Waals surface area (Å²) >= 11 is 0. The quantitative estimate of drug-likeness (QED) is 0.682. The first-order chi connectivity index (χ1) is 13.8. The molecule has 2 atom stereocenters. The summed E-state index contributed by atoms with van der Waals surface area (Å²) in [6.45, 7) is 8.91. The van der Waals surface area contributed by atoms with Gasteiger partial charge in [0.1, 0.15) is 0 Å². The summed E-state index contributed by atoms with van der Waals surface area (Å²) in [4.78, 5) is 32.6. The van der Waals surface area contributed by atoms with Crippen LogP contribution in [-0.2, 0) is 20.6 Å². The van der Waals surface area contributed by atoms with E-state index in [4.69, 9.17) is 4.98 Å². The monoisotopic (exact) mass is 395 g/mol. The van der Waals surface area contributed by atoms with Crippen LogP contribution >= 0.6 is 0 Å². The van der Waals surface area contributed by atoms with Crippen LogP contribution in [0.4, 0.5) is 5.95 Å². The van der Waals surface area contributed by atoms with Gasteiger partial charge in [-0.25, -0.2) is 4.79 Å². The lowest BCUT2D eigenvalue weighted by Gasteiger charge is -2.35. The number of hydrogen-bond acceptors (Lipinski definition) is 4. The summed E-state index contributed by atoms with van der Waals surface area (Å²) in [5.41, 5.74) is 2.57. The third-order valence-electron chi connectivity index (χ3n) is 5.90. The maximum Gasteiger partial charge on any atom is 0.332 e. The summed E-state index contributed by atoms with van der Waals surface area (Å²) in [6, 6.07) is 8.29. The van der Waals surface area contributed by atoms with Gasteiger partial charge in [0.05, 0.1) is 6.54 Å². The first-order valence-electron chi connectivity index (χ1n) is 10.2. The lowest BCUT2D eigenvalue weighted by atomic mass is 9.92. The predicted molar refractivity (Wildman–Crippen MR) is 116 cm³/mol. The fourth-order valence-corrected chi connectivity index (χ4v) is 4.65. The van der Waals surface area contributed by atoms with Crippen LogP contribution in [0, 0.1) is 18.8 Å². The van der Waals surface area contributed by atoms with Crippen LogP contribution in [0.25, 0.3) is 11.2 Å². The number of aryl methyl sites for hydroxylation is 2. The number of fused-ring (bicyclic) bond motifs is 1. The van der Waals surface area contributed by atoms with Crippen molar-refractivity contribution in [2.24, 2.45) is 25.9 Å². The first-order valence-corrected chi connectivity index (χ1v) is 10.2. The molecule has 0 aliphatic carbocycles. The van der Waals surface area contributed by atoms with Crippen molar-refractivity contribution in [1.29, 1.82) is 0 Å². The number of anilines is 1. The summed E-state index contributed by atoms with van der Waals surface area (Å²) in [7, 11) is 3.21. The predicted octanol–water partition coefficient (Wildman–Crippen LogP) is 2.27. The minimum absolute atomic E-state index is 0.299. The molecule has 0 unspecified atom stereocenters. The second kappa shape index (κ2) is 7.21. The molecular weight excluding hydrogens is 366 g/mol. The third kappa shape index (κ3) is 3.39. The highest BCUT2D eigenvalue weighted by Gasteiger charge is 2.28. The van der Waals surface area contributed by atoms with Gasteiger partial charge in [0.25, 0.3) is 5.56 Å². The van der Waals surface area contributed by atoms with Crippen molar-refractivity contribution < 1.29 is 0 Å². The average molecular weight is 396 g/mol. The van der Waals surface area contributed by atoms with Crippen molar-refractivity contribution in [2.75, 3.05) is 18.0 Å². The average Bonchev–Trinajstić information content (AvgIpc) is 3.03. The Hall–Kier alpha value is -2.83. The molecule has 0 bridgehead atoms. The van der Waals surface area contributed by atoms with E-state index in [-0.39, 0.29) is 11.2 Å². The second-order valence-electron chi connectivity index (χ2n) is 8.72. The van der Waals surface area contributed by atoms with Gasteiger partial charge in [-0.2, -0.15) is 4.98 Å². The molecular formula is C22H29N5O2. The van der Waals surface area contributed by atoms with Crippen LogP contribution in [0.5, 0.6) is 0 Å². The standard InChI is InChI=1S/C22H29N5O2/c1-14-7-6-8-17(10-14)13-27-18-19(24(4)22(29)25(5)20(18)28)23-21(27)26-11-15(2)9-16(3)12-26/h6-8,10,15-16H,9,11-13H2,1-5H3/t15-,16-/m1/s1. The van der Waals surface area contributed by atoms with Crippen molar-refractivity contribution in [1.82, 2.24) is 18.7 Å². The third-order valence-corrected chi connectivity index (χ3v) is 5.90. The largest absolute Gasteiger partial charge is 0.342 e. The molecule has 1 saturated heterocycles. The number of benzene rings is 1. The van der Waals surface area contributed by atoms with Gasteiger partial charge in [-0.1, -0.05) is 43.7 Å². The Morgan fingerprint density at radius 2 is 1.76 bits per heavy atom. The fourth-order valence-electron chi connectivity index (χ4n) is 4.65. The number of imidazole rings is 1. The normalized spacial score (nSPS) is 19.8. The molecule has 154 valence electrons. The molecule has 0 amide bonds. The zero-order valence-corrected chi connectivity index (χ0v) is 17.8. The lowest BCUT2D eigenvalue weighted by molar-refractivity contribution is 0.352. The van der Waals surface area contributed by atoms with Gasteiger partial charge in [-0.3, -0.25) is 18.5 Å². The Morgan fingerprint density at radius 1 is 1.07 bits per heavy atom. The van der Waals surface area contributed by atoms with Gasteiger partial charge in [-0.05, 0) is 30.7 Å². The van der Waals surface area contributed by atoms with Gasteiger partial charge in [-0.15, -0.1) is 0 Å². The Morgan fingerprint density at radius 3 is 2.41 bits per heavy atom. The number of nitrogens with zero attached hydrogens (tertiary/aromatic N) is 5. The molecule has 0 radical (unpaired) electrons. The second-order valence-corrected chi connectivity index (χ2v) is 8.72. The van der Waals surface area contributed by atoms with Crippen LogP contribution in [-0.4, -0.2) is 31.8 Å². The number of rotatable bonds is 3. The molecule has 0 spiro atoms. The van der Waals surface area contributed by atoms with Gasteiger partial charge >= 0.3 is 5.69 Å². The molecule has 7 nitrogen and oxygen atoms in total. The molecule has 4 rings (SSSR count). The van der Waals surface area contributed by atoms with E-state index >= 15 is 0 Å². The van der Waals surface area contributed by atoms with Crippen molar-refractivity contribution in [2.45, 2.75) is 33.7 Å². The molecule has 0 N–H and O–H groups in total.